The van der Waals surface area contributed by atoms with Gasteiger partial charge >= 0.3 is 0 Å². The SMILES string of the molecule is CCCCCCCCCCCCCCCCNC[C@H](O)[C@@H](O)[C@H](O[C@H]1O[C@H](CO)[C@@H](O)[C@H](O)[C@H]1O)[C@H](O)CO. The monoisotopic (exact) mass is 567 g/mol. The topological polar surface area (TPSA) is 192 Å². The molecule has 0 saturated carbocycles. The molecule has 1 aliphatic rings. The number of hydrogen-bond donors (Lipinski definition) is 9. The lowest BCUT2D eigenvalue weighted by atomic mass is 9.98. The summed E-state index contributed by atoms with van der Waals surface area (Å²) in [6.45, 7) is 1.41. The van der Waals surface area contributed by atoms with Crippen LogP contribution in [-0.4, -0.2) is 122 Å². The molecular weight excluding hydrogens is 510 g/mol. The highest BCUT2D eigenvalue weighted by atomic mass is 16.7. The first kappa shape index (κ1) is 36.6. The lowest BCUT2D eigenvalue weighted by Gasteiger charge is -2.42. The Labute approximate surface area is 234 Å². The van der Waals surface area contributed by atoms with Gasteiger partial charge in [0.25, 0.3) is 0 Å². The first-order valence-corrected chi connectivity index (χ1v) is 15.1. The number of unbranched alkanes of at least 4 members (excludes halogenated alkanes) is 13. The van der Waals surface area contributed by atoms with Crippen LogP contribution in [0.25, 0.3) is 0 Å². The van der Waals surface area contributed by atoms with Crippen molar-refractivity contribution in [3.63, 3.8) is 0 Å². The van der Waals surface area contributed by atoms with Crippen LogP contribution in [0.15, 0.2) is 0 Å². The van der Waals surface area contributed by atoms with Crippen LogP contribution in [0, 0.1) is 0 Å². The molecule has 39 heavy (non-hydrogen) atoms. The van der Waals surface area contributed by atoms with Crippen LogP contribution in [0.1, 0.15) is 96.8 Å². The second kappa shape index (κ2) is 22.2. The number of ether oxygens (including phenoxy) is 2. The van der Waals surface area contributed by atoms with E-state index in [2.05, 4.69) is 12.2 Å². The first-order chi connectivity index (χ1) is 18.8. The van der Waals surface area contributed by atoms with Gasteiger partial charge in [0.2, 0.25) is 0 Å². The molecule has 0 aliphatic carbocycles. The van der Waals surface area contributed by atoms with E-state index in [9.17, 15) is 40.9 Å². The van der Waals surface area contributed by atoms with Gasteiger partial charge in [-0.2, -0.15) is 0 Å². The van der Waals surface area contributed by atoms with Crippen molar-refractivity contribution in [1.29, 1.82) is 0 Å². The van der Waals surface area contributed by atoms with Crippen LogP contribution < -0.4 is 5.32 Å². The standard InChI is InChI=1S/C28H57NO10/c1-2-3-4-5-6-7-8-9-10-11-12-13-14-15-16-29-17-20(32)23(34)27(21(33)18-30)39-28-26(37)25(36)24(35)22(19-31)38-28/h20-37H,2-19H2,1H3/t20-,21+,22+,23+,24+,25-,26+,27+,28+/m0/s1. The number of rotatable bonds is 24. The fourth-order valence-corrected chi connectivity index (χ4v) is 4.87. The maximum Gasteiger partial charge on any atom is 0.187 e. The Kier molecular flexibility index (Phi) is 20.8. The zero-order chi connectivity index (χ0) is 29.0. The molecule has 0 radical (unpaired) electrons. The van der Waals surface area contributed by atoms with Gasteiger partial charge in [0.15, 0.2) is 6.29 Å². The Balaban J connectivity index is 2.23. The van der Waals surface area contributed by atoms with E-state index in [1.54, 1.807) is 0 Å². The van der Waals surface area contributed by atoms with Crippen molar-refractivity contribution >= 4 is 0 Å². The summed E-state index contributed by atoms with van der Waals surface area (Å²) in [5, 5.41) is 82.9. The van der Waals surface area contributed by atoms with Crippen molar-refractivity contribution < 1.29 is 50.3 Å². The molecule has 0 unspecified atom stereocenters. The van der Waals surface area contributed by atoms with E-state index in [4.69, 9.17) is 9.47 Å². The molecule has 0 amide bonds. The molecular formula is C28H57NO10. The Morgan fingerprint density at radius 2 is 1.21 bits per heavy atom. The molecule has 9 atom stereocenters. The van der Waals surface area contributed by atoms with Crippen LogP contribution in [0.2, 0.25) is 0 Å². The van der Waals surface area contributed by atoms with Gasteiger partial charge in [-0.15, -0.1) is 0 Å². The van der Waals surface area contributed by atoms with Crippen LogP contribution in [0.5, 0.6) is 0 Å². The summed E-state index contributed by atoms with van der Waals surface area (Å²) >= 11 is 0. The van der Waals surface area contributed by atoms with Crippen molar-refractivity contribution in [3.8, 4) is 0 Å². The minimum absolute atomic E-state index is 0.00625. The number of hydrogen-bond acceptors (Lipinski definition) is 11. The van der Waals surface area contributed by atoms with E-state index < -0.39 is 68.3 Å². The van der Waals surface area contributed by atoms with Gasteiger partial charge in [-0.05, 0) is 13.0 Å². The van der Waals surface area contributed by atoms with Crippen LogP contribution >= 0.6 is 0 Å². The summed E-state index contributed by atoms with van der Waals surface area (Å²) in [5.74, 6) is 0. The van der Waals surface area contributed by atoms with Crippen molar-refractivity contribution in [1.82, 2.24) is 5.32 Å². The van der Waals surface area contributed by atoms with Crippen LogP contribution in [-0.2, 0) is 9.47 Å². The second-order valence-corrected chi connectivity index (χ2v) is 10.9. The molecule has 234 valence electrons. The van der Waals surface area contributed by atoms with Gasteiger partial charge in [-0.1, -0.05) is 90.4 Å². The van der Waals surface area contributed by atoms with Gasteiger partial charge in [-0.25, -0.2) is 0 Å². The summed E-state index contributed by atoms with van der Waals surface area (Å²) < 4.78 is 10.7. The molecule has 1 heterocycles. The van der Waals surface area contributed by atoms with Crippen molar-refractivity contribution in [2.45, 2.75) is 152 Å². The Morgan fingerprint density at radius 1 is 0.692 bits per heavy atom. The number of nitrogens with one attached hydrogen (secondary N) is 1. The third-order valence-corrected chi connectivity index (χ3v) is 7.50. The first-order valence-electron chi connectivity index (χ1n) is 15.1. The highest BCUT2D eigenvalue weighted by Crippen LogP contribution is 2.25. The average Bonchev–Trinajstić information content (AvgIpc) is 2.94. The van der Waals surface area contributed by atoms with Gasteiger partial charge < -0.3 is 55.6 Å². The molecule has 1 aliphatic heterocycles. The molecule has 1 rings (SSSR count). The van der Waals surface area contributed by atoms with E-state index in [0.717, 1.165) is 19.3 Å². The highest BCUT2D eigenvalue weighted by Gasteiger charge is 2.46. The summed E-state index contributed by atoms with van der Waals surface area (Å²) in [4.78, 5) is 0. The Hall–Kier alpha value is -0.440. The molecule has 11 nitrogen and oxygen atoms in total. The molecule has 0 aromatic carbocycles. The van der Waals surface area contributed by atoms with Crippen molar-refractivity contribution in [2.24, 2.45) is 0 Å². The predicted molar refractivity (Wildman–Crippen MR) is 147 cm³/mol. The van der Waals surface area contributed by atoms with E-state index >= 15 is 0 Å². The van der Waals surface area contributed by atoms with Gasteiger partial charge in [0.05, 0.1) is 19.3 Å². The van der Waals surface area contributed by atoms with E-state index in [-0.39, 0.29) is 6.54 Å². The Morgan fingerprint density at radius 3 is 1.69 bits per heavy atom. The largest absolute Gasteiger partial charge is 0.394 e. The predicted octanol–water partition coefficient (Wildman–Crippen LogP) is 0.317. The molecule has 9 N–H and O–H groups in total. The molecule has 11 heteroatoms. The molecule has 0 spiro atoms. The van der Waals surface area contributed by atoms with E-state index in [0.29, 0.717) is 6.54 Å². The molecule has 1 saturated heterocycles. The summed E-state index contributed by atoms with van der Waals surface area (Å²) in [6, 6.07) is 0. The average molecular weight is 568 g/mol. The fourth-order valence-electron chi connectivity index (χ4n) is 4.87. The van der Waals surface area contributed by atoms with E-state index in [1.165, 1.54) is 70.6 Å². The maximum atomic E-state index is 10.6. The highest BCUT2D eigenvalue weighted by molar-refractivity contribution is 4.91. The van der Waals surface area contributed by atoms with Gasteiger partial charge in [0.1, 0.15) is 42.7 Å². The lowest BCUT2D eigenvalue weighted by Crippen LogP contribution is -2.61. The van der Waals surface area contributed by atoms with Crippen molar-refractivity contribution in [3.05, 3.63) is 0 Å². The third kappa shape index (κ3) is 14.3. The van der Waals surface area contributed by atoms with Crippen molar-refractivity contribution in [2.75, 3.05) is 26.3 Å². The molecule has 0 bridgehead atoms. The molecule has 0 aromatic rings. The quantitative estimate of drug-likeness (QED) is 0.0730. The summed E-state index contributed by atoms with van der Waals surface area (Å²) in [7, 11) is 0. The third-order valence-electron chi connectivity index (χ3n) is 7.50. The Bertz CT molecular complexity index is 572. The molecule has 1 fully saturated rings. The molecule has 0 aromatic heterocycles. The maximum absolute atomic E-state index is 10.6. The minimum atomic E-state index is -1.75. The fraction of sp³-hybridized carbons (Fsp3) is 1.00. The lowest BCUT2D eigenvalue weighted by molar-refractivity contribution is -0.327. The zero-order valence-corrected chi connectivity index (χ0v) is 23.8. The van der Waals surface area contributed by atoms with E-state index in [1.807, 2.05) is 0 Å². The van der Waals surface area contributed by atoms with Gasteiger partial charge in [-0.3, -0.25) is 0 Å². The minimum Gasteiger partial charge on any atom is -0.394 e. The second-order valence-electron chi connectivity index (χ2n) is 10.9. The van der Waals surface area contributed by atoms with Gasteiger partial charge in [0, 0.05) is 6.54 Å². The smallest absolute Gasteiger partial charge is 0.187 e. The summed E-state index contributed by atoms with van der Waals surface area (Å²) in [6.07, 6.45) is 3.54. The zero-order valence-electron chi connectivity index (χ0n) is 23.8. The number of aliphatic hydroxyl groups is 8. The van der Waals surface area contributed by atoms with Crippen LogP contribution in [0.3, 0.4) is 0 Å². The number of aliphatic hydroxyl groups excluding tert-OH is 8. The normalized spacial score (nSPS) is 26.8. The summed E-state index contributed by atoms with van der Waals surface area (Å²) in [5.41, 5.74) is 0. The van der Waals surface area contributed by atoms with Crippen LogP contribution in [0.4, 0.5) is 0 Å².